The summed E-state index contributed by atoms with van der Waals surface area (Å²) in [6.07, 6.45) is -2.17. The molecule has 10 nitrogen and oxygen atoms in total. The molecule has 0 aromatic rings. The summed E-state index contributed by atoms with van der Waals surface area (Å²) < 4.78 is 27.5. The van der Waals surface area contributed by atoms with Crippen LogP contribution < -0.4 is 0 Å². The molecule has 4 atom stereocenters. The Morgan fingerprint density at radius 1 is 1.22 bits per heavy atom. The van der Waals surface area contributed by atoms with Gasteiger partial charge in [0.25, 0.3) is 0 Å². The van der Waals surface area contributed by atoms with E-state index in [1.54, 1.807) is 13.8 Å². The van der Waals surface area contributed by atoms with Crippen molar-refractivity contribution < 1.29 is 33.3 Å². The zero-order valence-electron chi connectivity index (χ0n) is 13.3. The highest BCUT2D eigenvalue weighted by molar-refractivity contribution is 5.67. The molecule has 1 spiro atoms. The summed E-state index contributed by atoms with van der Waals surface area (Å²) in [4.78, 5) is 25.6. The molecule has 0 aromatic heterocycles. The Labute approximate surface area is 132 Å². The summed E-state index contributed by atoms with van der Waals surface area (Å²) in [5, 5.41) is 3.56. The van der Waals surface area contributed by atoms with Crippen molar-refractivity contribution in [3.8, 4) is 0 Å². The third-order valence-electron chi connectivity index (χ3n) is 3.44. The number of esters is 2. The van der Waals surface area contributed by atoms with Crippen LogP contribution in [0.2, 0.25) is 0 Å². The lowest BCUT2D eigenvalue weighted by atomic mass is 9.95. The maximum atomic E-state index is 11.5. The van der Waals surface area contributed by atoms with Crippen LogP contribution in [0, 0.1) is 0 Å². The van der Waals surface area contributed by atoms with E-state index in [0.29, 0.717) is 0 Å². The maximum absolute atomic E-state index is 11.5. The summed E-state index contributed by atoms with van der Waals surface area (Å²) in [6.45, 7) is 5.66. The number of carbonyl (C=O) groups excluding carboxylic acids is 2. The number of hydrogen-bond acceptors (Lipinski definition) is 8. The van der Waals surface area contributed by atoms with Gasteiger partial charge >= 0.3 is 11.9 Å². The first kappa shape index (κ1) is 17.5. The fourth-order valence-electron chi connectivity index (χ4n) is 2.65. The minimum Gasteiger partial charge on any atom is -0.458 e. The average molecular weight is 329 g/mol. The molecule has 0 amide bonds. The first-order chi connectivity index (χ1) is 10.7. The van der Waals surface area contributed by atoms with Gasteiger partial charge in [0, 0.05) is 18.8 Å². The van der Waals surface area contributed by atoms with E-state index in [1.165, 1.54) is 13.8 Å². The molecule has 2 rings (SSSR count). The fraction of sp³-hybridized carbons (Fsp3) is 0.846. The standard InChI is InChI=1S/C13H19N3O7/c1-7(17)21-10-9(15-16-14)5-19-13(11(10)22-8(2)18)6-20-12(3,4)23-13/h9-11H,5-6H2,1-4H3/t9-,10-,11-,13+/m1/s1. The number of carbonyl (C=O) groups is 2. The molecular formula is C13H19N3O7. The normalized spacial score (nSPS) is 35.4. The third-order valence-corrected chi connectivity index (χ3v) is 3.44. The Morgan fingerprint density at radius 3 is 2.35 bits per heavy atom. The Hall–Kier alpha value is -1.87. The molecule has 2 aliphatic rings. The SMILES string of the molecule is CC(=O)O[C@H]1[C@@H](OC(C)=O)[C@@]2(COC(C)(C)O2)OC[C@H]1N=[N+]=[N-]. The van der Waals surface area contributed by atoms with Crippen LogP contribution in [0.15, 0.2) is 5.11 Å². The van der Waals surface area contributed by atoms with E-state index < -0.39 is 41.8 Å². The van der Waals surface area contributed by atoms with Gasteiger partial charge in [-0.05, 0) is 19.4 Å². The summed E-state index contributed by atoms with van der Waals surface area (Å²) >= 11 is 0. The van der Waals surface area contributed by atoms with E-state index in [0.717, 1.165) is 0 Å². The summed E-state index contributed by atoms with van der Waals surface area (Å²) in [5.74, 6) is -3.63. The van der Waals surface area contributed by atoms with Crippen molar-refractivity contribution in [3.05, 3.63) is 10.4 Å². The van der Waals surface area contributed by atoms with Crippen molar-refractivity contribution >= 4 is 11.9 Å². The summed E-state index contributed by atoms with van der Waals surface area (Å²) in [6, 6.07) is -0.855. The zero-order chi connectivity index (χ0) is 17.3. The van der Waals surface area contributed by atoms with Crippen LogP contribution >= 0.6 is 0 Å². The summed E-state index contributed by atoms with van der Waals surface area (Å²) in [5.41, 5.74) is 8.68. The fourth-order valence-corrected chi connectivity index (χ4v) is 2.65. The third kappa shape index (κ3) is 3.73. The van der Waals surface area contributed by atoms with Crippen LogP contribution in [0.1, 0.15) is 27.7 Å². The van der Waals surface area contributed by atoms with Crippen molar-refractivity contribution in [2.24, 2.45) is 5.11 Å². The monoisotopic (exact) mass is 329 g/mol. The number of nitrogens with zero attached hydrogens (tertiary/aromatic N) is 3. The van der Waals surface area contributed by atoms with E-state index in [9.17, 15) is 9.59 Å². The van der Waals surface area contributed by atoms with Gasteiger partial charge in [-0.3, -0.25) is 9.59 Å². The smallest absolute Gasteiger partial charge is 0.303 e. The van der Waals surface area contributed by atoms with Gasteiger partial charge in [-0.1, -0.05) is 5.11 Å². The van der Waals surface area contributed by atoms with Gasteiger partial charge in [-0.15, -0.1) is 0 Å². The molecule has 128 valence electrons. The molecular weight excluding hydrogens is 310 g/mol. The predicted octanol–water partition coefficient (Wildman–Crippen LogP) is 1.04. The van der Waals surface area contributed by atoms with E-state index in [2.05, 4.69) is 10.0 Å². The van der Waals surface area contributed by atoms with Crippen molar-refractivity contribution in [3.63, 3.8) is 0 Å². The molecule has 0 N–H and O–H groups in total. The molecule has 2 saturated heterocycles. The Kier molecular flexibility index (Phi) is 4.81. The first-order valence-electron chi connectivity index (χ1n) is 7.06. The van der Waals surface area contributed by atoms with Crippen molar-refractivity contribution in [1.82, 2.24) is 0 Å². The lowest BCUT2D eigenvalue weighted by molar-refractivity contribution is -0.326. The number of hydrogen-bond donors (Lipinski definition) is 0. The van der Waals surface area contributed by atoms with Crippen LogP contribution in [0.4, 0.5) is 0 Å². The van der Waals surface area contributed by atoms with Crippen LogP contribution in [0.5, 0.6) is 0 Å². The van der Waals surface area contributed by atoms with Crippen LogP contribution in [-0.4, -0.2) is 55.0 Å². The minimum atomic E-state index is -1.43. The Morgan fingerprint density at radius 2 is 1.87 bits per heavy atom. The van der Waals surface area contributed by atoms with Crippen molar-refractivity contribution in [1.29, 1.82) is 0 Å². The van der Waals surface area contributed by atoms with Crippen molar-refractivity contribution in [2.45, 2.75) is 57.5 Å². The van der Waals surface area contributed by atoms with Crippen LogP contribution in [0.25, 0.3) is 10.4 Å². The van der Waals surface area contributed by atoms with Gasteiger partial charge in [0.2, 0.25) is 5.79 Å². The number of ether oxygens (including phenoxy) is 5. The molecule has 0 bridgehead atoms. The molecule has 2 fully saturated rings. The van der Waals surface area contributed by atoms with E-state index >= 15 is 0 Å². The number of azide groups is 1. The average Bonchev–Trinajstić information content (AvgIpc) is 2.73. The second-order valence-corrected chi connectivity index (χ2v) is 5.79. The first-order valence-corrected chi connectivity index (χ1v) is 7.06. The lowest BCUT2D eigenvalue weighted by Crippen LogP contribution is -2.64. The largest absolute Gasteiger partial charge is 0.458 e. The molecule has 0 saturated carbocycles. The highest BCUT2D eigenvalue weighted by Gasteiger charge is 2.61. The predicted molar refractivity (Wildman–Crippen MR) is 73.8 cm³/mol. The molecule has 23 heavy (non-hydrogen) atoms. The highest BCUT2D eigenvalue weighted by atomic mass is 16.8. The van der Waals surface area contributed by atoms with E-state index in [1.807, 2.05) is 0 Å². The zero-order valence-corrected chi connectivity index (χ0v) is 13.3. The van der Waals surface area contributed by atoms with Crippen LogP contribution in [-0.2, 0) is 33.3 Å². The Bertz CT molecular complexity index is 546. The van der Waals surface area contributed by atoms with E-state index in [4.69, 9.17) is 29.2 Å². The second-order valence-electron chi connectivity index (χ2n) is 5.79. The maximum Gasteiger partial charge on any atom is 0.303 e. The molecule has 0 unspecified atom stereocenters. The van der Waals surface area contributed by atoms with Gasteiger partial charge in [0.1, 0.15) is 12.6 Å². The van der Waals surface area contributed by atoms with Gasteiger partial charge in [-0.25, -0.2) is 0 Å². The van der Waals surface area contributed by atoms with Gasteiger partial charge < -0.3 is 23.7 Å². The molecule has 0 aromatic carbocycles. The second kappa shape index (κ2) is 6.32. The van der Waals surface area contributed by atoms with Gasteiger partial charge in [-0.2, -0.15) is 0 Å². The van der Waals surface area contributed by atoms with Gasteiger partial charge in [0.05, 0.1) is 6.61 Å². The molecule has 2 aliphatic heterocycles. The molecule has 2 heterocycles. The van der Waals surface area contributed by atoms with Crippen LogP contribution in [0.3, 0.4) is 0 Å². The van der Waals surface area contributed by atoms with Gasteiger partial charge in [0.15, 0.2) is 18.0 Å². The van der Waals surface area contributed by atoms with Crippen molar-refractivity contribution in [2.75, 3.05) is 13.2 Å². The Balaban J connectivity index is 2.39. The quantitative estimate of drug-likeness (QED) is 0.327. The highest BCUT2D eigenvalue weighted by Crippen LogP contribution is 2.41. The molecule has 10 heteroatoms. The summed E-state index contributed by atoms with van der Waals surface area (Å²) in [7, 11) is 0. The number of rotatable bonds is 3. The van der Waals surface area contributed by atoms with E-state index in [-0.39, 0.29) is 13.2 Å². The molecule has 0 aliphatic carbocycles. The topological polar surface area (TPSA) is 129 Å². The lowest BCUT2D eigenvalue weighted by Gasteiger charge is -2.44. The minimum absolute atomic E-state index is 0.0291. The molecule has 0 radical (unpaired) electrons.